The van der Waals surface area contributed by atoms with E-state index in [4.69, 9.17) is 0 Å². The average Bonchev–Trinajstić information content (AvgIpc) is 2.88. The Bertz CT molecular complexity index is 675. The van der Waals surface area contributed by atoms with Crippen molar-refractivity contribution in [1.82, 2.24) is 19.6 Å². The molecule has 1 aromatic heterocycles. The van der Waals surface area contributed by atoms with E-state index < -0.39 is 10.0 Å². The van der Waals surface area contributed by atoms with Crippen molar-refractivity contribution < 1.29 is 8.42 Å². The number of nitrogens with one attached hydrogen (secondary N) is 2. The van der Waals surface area contributed by atoms with Crippen molar-refractivity contribution in [3.8, 4) is 11.3 Å². The Morgan fingerprint density at radius 3 is 2.45 bits per heavy atom. The number of aromatic nitrogens is 2. The maximum absolute atomic E-state index is 12.0. The summed E-state index contributed by atoms with van der Waals surface area (Å²) >= 11 is 0. The van der Waals surface area contributed by atoms with Crippen molar-refractivity contribution >= 4 is 10.0 Å². The first-order valence-corrected chi connectivity index (χ1v) is 7.60. The van der Waals surface area contributed by atoms with Crippen LogP contribution in [0, 0.1) is 0 Å². The Hall–Kier alpha value is -1.70. The molecule has 2 rings (SSSR count). The molecule has 0 atom stereocenters. The van der Waals surface area contributed by atoms with Gasteiger partial charge in [0, 0.05) is 14.1 Å². The first-order valence-electron chi connectivity index (χ1n) is 6.16. The van der Waals surface area contributed by atoms with Crippen LogP contribution in [0.3, 0.4) is 0 Å². The van der Waals surface area contributed by atoms with Crippen molar-refractivity contribution in [2.45, 2.75) is 11.4 Å². The molecular weight excluding hydrogens is 276 g/mol. The van der Waals surface area contributed by atoms with Crippen LogP contribution in [0.25, 0.3) is 11.3 Å². The van der Waals surface area contributed by atoms with Gasteiger partial charge in [-0.1, -0.05) is 12.1 Å². The molecule has 0 radical (unpaired) electrons. The van der Waals surface area contributed by atoms with E-state index in [0.29, 0.717) is 6.54 Å². The van der Waals surface area contributed by atoms with Crippen LogP contribution in [-0.2, 0) is 16.6 Å². The Balaban J connectivity index is 2.28. The summed E-state index contributed by atoms with van der Waals surface area (Å²) in [7, 11) is 1.50. The van der Waals surface area contributed by atoms with Crippen LogP contribution in [0.4, 0.5) is 0 Å². The van der Waals surface area contributed by atoms with Gasteiger partial charge < -0.3 is 10.3 Å². The zero-order valence-corrected chi connectivity index (χ0v) is 12.5. The van der Waals surface area contributed by atoms with E-state index >= 15 is 0 Å². The molecule has 1 aromatic carbocycles. The van der Waals surface area contributed by atoms with Crippen molar-refractivity contribution in [1.29, 1.82) is 0 Å². The van der Waals surface area contributed by atoms with Gasteiger partial charge in [-0.25, -0.2) is 17.7 Å². The van der Waals surface area contributed by atoms with E-state index in [1.807, 2.05) is 7.05 Å². The highest BCUT2D eigenvalue weighted by Crippen LogP contribution is 2.20. The normalized spacial score (nSPS) is 12.0. The van der Waals surface area contributed by atoms with E-state index in [1.165, 1.54) is 18.4 Å². The minimum absolute atomic E-state index is 0.279. The van der Waals surface area contributed by atoms with Crippen LogP contribution in [0.5, 0.6) is 0 Å². The first kappa shape index (κ1) is 14.7. The zero-order valence-electron chi connectivity index (χ0n) is 11.7. The number of sulfonamides is 1. The van der Waals surface area contributed by atoms with Gasteiger partial charge in [-0.2, -0.15) is 0 Å². The third-order valence-corrected chi connectivity index (χ3v) is 4.75. The van der Waals surface area contributed by atoms with Crippen LogP contribution in [0.2, 0.25) is 0 Å². The second-order valence-corrected chi connectivity index (χ2v) is 6.74. The lowest BCUT2D eigenvalue weighted by Crippen LogP contribution is -2.22. The number of benzene rings is 1. The summed E-state index contributed by atoms with van der Waals surface area (Å²) in [6.45, 7) is 0.660. The predicted molar refractivity (Wildman–Crippen MR) is 77.7 cm³/mol. The molecule has 0 aliphatic rings. The molecule has 0 amide bonds. The fourth-order valence-electron chi connectivity index (χ4n) is 1.78. The van der Waals surface area contributed by atoms with Gasteiger partial charge in [0.25, 0.3) is 0 Å². The number of hydrogen-bond acceptors (Lipinski definition) is 4. The molecule has 0 spiro atoms. The molecule has 6 nitrogen and oxygen atoms in total. The Morgan fingerprint density at radius 2 is 1.90 bits per heavy atom. The maximum atomic E-state index is 12.0. The standard InChI is InChI=1S/C13H18N4O2S/c1-14-9-13-15-8-12(16-13)10-4-6-11(7-5-10)20(18,19)17(2)3/h4-8,14H,9H2,1-3H3,(H,15,16). The van der Waals surface area contributed by atoms with Crippen LogP contribution in [0.15, 0.2) is 35.4 Å². The predicted octanol–water partition coefficient (Wildman–Crippen LogP) is 1.05. The largest absolute Gasteiger partial charge is 0.341 e. The Morgan fingerprint density at radius 1 is 1.25 bits per heavy atom. The van der Waals surface area contributed by atoms with E-state index in [1.54, 1.807) is 30.5 Å². The SMILES string of the molecule is CNCc1ncc(-c2ccc(S(=O)(=O)N(C)C)cc2)[nH]1. The summed E-state index contributed by atoms with van der Waals surface area (Å²) in [5, 5.41) is 3.01. The van der Waals surface area contributed by atoms with Crippen LogP contribution >= 0.6 is 0 Å². The van der Waals surface area contributed by atoms with Gasteiger partial charge >= 0.3 is 0 Å². The lowest BCUT2D eigenvalue weighted by Gasteiger charge is -2.11. The zero-order chi connectivity index (χ0) is 14.8. The van der Waals surface area contributed by atoms with Gasteiger partial charge in [-0.05, 0) is 24.7 Å². The van der Waals surface area contributed by atoms with E-state index in [-0.39, 0.29) is 4.90 Å². The van der Waals surface area contributed by atoms with E-state index in [0.717, 1.165) is 17.1 Å². The van der Waals surface area contributed by atoms with Gasteiger partial charge in [0.15, 0.2) is 0 Å². The van der Waals surface area contributed by atoms with Gasteiger partial charge in [-0.3, -0.25) is 0 Å². The Kier molecular flexibility index (Phi) is 4.22. The highest BCUT2D eigenvalue weighted by atomic mass is 32.2. The van der Waals surface area contributed by atoms with Crippen LogP contribution < -0.4 is 5.32 Å². The molecule has 7 heteroatoms. The second kappa shape index (κ2) is 5.74. The monoisotopic (exact) mass is 294 g/mol. The molecule has 0 unspecified atom stereocenters. The lowest BCUT2D eigenvalue weighted by atomic mass is 10.2. The van der Waals surface area contributed by atoms with Crippen LogP contribution in [-0.4, -0.2) is 43.8 Å². The number of hydrogen-bond donors (Lipinski definition) is 2. The Labute approximate surface area is 118 Å². The topological polar surface area (TPSA) is 78.1 Å². The summed E-state index contributed by atoms with van der Waals surface area (Å²) in [6, 6.07) is 6.74. The van der Waals surface area contributed by atoms with Gasteiger partial charge in [0.1, 0.15) is 5.82 Å². The molecule has 0 fully saturated rings. The van der Waals surface area contributed by atoms with Crippen molar-refractivity contribution in [2.24, 2.45) is 0 Å². The molecule has 2 N–H and O–H groups in total. The third-order valence-electron chi connectivity index (χ3n) is 2.92. The van der Waals surface area contributed by atoms with Crippen molar-refractivity contribution in [3.05, 3.63) is 36.3 Å². The number of rotatable bonds is 5. The molecule has 1 heterocycles. The molecule has 0 bridgehead atoms. The van der Waals surface area contributed by atoms with Gasteiger partial charge in [0.05, 0.1) is 23.3 Å². The van der Waals surface area contributed by atoms with Gasteiger partial charge in [0.2, 0.25) is 10.0 Å². The van der Waals surface area contributed by atoms with Crippen LogP contribution in [0.1, 0.15) is 5.82 Å². The molecular formula is C13H18N4O2S. The van der Waals surface area contributed by atoms with Crippen molar-refractivity contribution in [2.75, 3.05) is 21.1 Å². The highest BCUT2D eigenvalue weighted by molar-refractivity contribution is 7.89. The van der Waals surface area contributed by atoms with Crippen molar-refractivity contribution in [3.63, 3.8) is 0 Å². The summed E-state index contributed by atoms with van der Waals surface area (Å²) < 4.78 is 25.1. The quantitative estimate of drug-likeness (QED) is 0.864. The number of nitrogens with zero attached hydrogens (tertiary/aromatic N) is 2. The fourth-order valence-corrected chi connectivity index (χ4v) is 2.69. The number of H-pyrrole nitrogens is 1. The molecule has 2 aromatic rings. The molecule has 108 valence electrons. The molecule has 0 saturated carbocycles. The average molecular weight is 294 g/mol. The molecule has 0 aliphatic heterocycles. The smallest absolute Gasteiger partial charge is 0.242 e. The lowest BCUT2D eigenvalue weighted by molar-refractivity contribution is 0.521. The minimum Gasteiger partial charge on any atom is -0.341 e. The summed E-state index contributed by atoms with van der Waals surface area (Å²) in [6.07, 6.45) is 1.74. The molecule has 0 saturated heterocycles. The van der Waals surface area contributed by atoms with Gasteiger partial charge in [-0.15, -0.1) is 0 Å². The summed E-state index contributed by atoms with van der Waals surface area (Å²) in [5.41, 5.74) is 1.77. The molecule has 0 aliphatic carbocycles. The summed E-state index contributed by atoms with van der Waals surface area (Å²) in [5.74, 6) is 0.840. The summed E-state index contributed by atoms with van der Waals surface area (Å²) in [4.78, 5) is 7.69. The minimum atomic E-state index is -3.38. The van der Waals surface area contributed by atoms with E-state index in [9.17, 15) is 8.42 Å². The third kappa shape index (κ3) is 2.90. The molecule has 20 heavy (non-hydrogen) atoms. The highest BCUT2D eigenvalue weighted by Gasteiger charge is 2.16. The second-order valence-electron chi connectivity index (χ2n) is 4.59. The number of aromatic amines is 1. The maximum Gasteiger partial charge on any atom is 0.242 e. The van der Waals surface area contributed by atoms with E-state index in [2.05, 4.69) is 15.3 Å². The number of imidazole rings is 1. The fraction of sp³-hybridized carbons (Fsp3) is 0.308. The first-order chi connectivity index (χ1) is 9.45.